The third-order valence-electron chi connectivity index (χ3n) is 5.93. The average Bonchev–Trinajstić information content (AvgIpc) is 2.68. The maximum atomic E-state index is 12.7. The number of likely N-dealkylation sites (tertiary alicyclic amines) is 1. The molecule has 0 bridgehead atoms. The van der Waals surface area contributed by atoms with E-state index in [0.717, 1.165) is 56.9 Å². The smallest absolute Gasteiger partial charge is 0.321 e. The van der Waals surface area contributed by atoms with Crippen molar-refractivity contribution in [1.82, 2.24) is 9.80 Å². The summed E-state index contributed by atoms with van der Waals surface area (Å²) in [4.78, 5) is 28.9. The number of carbonyl (C=O) groups excluding carboxylic acids is 2. The summed E-state index contributed by atoms with van der Waals surface area (Å²) in [6, 6.07) is 7.25. The van der Waals surface area contributed by atoms with Crippen LogP contribution in [0.2, 0.25) is 0 Å². The number of ether oxygens (including phenoxy) is 1. The van der Waals surface area contributed by atoms with Gasteiger partial charge in [-0.1, -0.05) is 13.8 Å². The molecule has 2 aliphatic rings. The van der Waals surface area contributed by atoms with Crippen LogP contribution in [0.15, 0.2) is 24.3 Å². The predicted molar refractivity (Wildman–Crippen MR) is 124 cm³/mol. The van der Waals surface area contributed by atoms with Gasteiger partial charge in [0.05, 0.1) is 12.2 Å². The fourth-order valence-corrected chi connectivity index (χ4v) is 4.54. The van der Waals surface area contributed by atoms with Crippen molar-refractivity contribution in [3.63, 3.8) is 0 Å². The predicted octanol–water partition coefficient (Wildman–Crippen LogP) is 4.02. The normalized spacial score (nSPS) is 23.1. The fourth-order valence-electron chi connectivity index (χ4n) is 4.54. The number of urea groups is 1. The van der Waals surface area contributed by atoms with Crippen molar-refractivity contribution in [3.05, 3.63) is 24.3 Å². The van der Waals surface area contributed by atoms with Crippen LogP contribution in [-0.4, -0.2) is 66.7 Å². The van der Waals surface area contributed by atoms with E-state index in [1.165, 1.54) is 0 Å². The van der Waals surface area contributed by atoms with Crippen molar-refractivity contribution < 1.29 is 14.3 Å². The first-order chi connectivity index (χ1) is 14.8. The van der Waals surface area contributed by atoms with E-state index in [4.69, 9.17) is 4.74 Å². The molecule has 2 heterocycles. The standard InChI is InChI=1S/C24H38N4O3/c1-17(2)13-23(29)25-21-5-7-22(8-6-21)26-24(30)28-11-9-20(10-12-28)16-27-14-18(3)31-19(4)15-27/h5-8,17-20H,9-16H2,1-4H3,(H,25,29)(H,26,30). The molecule has 0 aromatic heterocycles. The number of benzene rings is 1. The number of amides is 3. The SMILES string of the molecule is CC(C)CC(=O)Nc1ccc(NC(=O)N2CCC(CN3CC(C)OC(C)C3)CC2)cc1. The minimum Gasteiger partial charge on any atom is -0.373 e. The summed E-state index contributed by atoms with van der Waals surface area (Å²) in [5.74, 6) is 0.967. The Morgan fingerprint density at radius 3 is 2.10 bits per heavy atom. The van der Waals surface area contributed by atoms with Gasteiger partial charge >= 0.3 is 6.03 Å². The molecule has 0 spiro atoms. The van der Waals surface area contributed by atoms with Crippen LogP contribution in [0.5, 0.6) is 0 Å². The summed E-state index contributed by atoms with van der Waals surface area (Å²) < 4.78 is 5.83. The molecule has 1 aromatic carbocycles. The van der Waals surface area contributed by atoms with Crippen LogP contribution < -0.4 is 10.6 Å². The van der Waals surface area contributed by atoms with E-state index in [2.05, 4.69) is 29.4 Å². The third kappa shape index (κ3) is 7.51. The van der Waals surface area contributed by atoms with Crippen LogP contribution in [0.4, 0.5) is 16.2 Å². The second-order valence-corrected chi connectivity index (χ2v) is 9.56. The molecule has 3 rings (SSSR count). The lowest BCUT2D eigenvalue weighted by Crippen LogP contribution is -2.49. The fraction of sp³-hybridized carbons (Fsp3) is 0.667. The van der Waals surface area contributed by atoms with Crippen molar-refractivity contribution in [2.24, 2.45) is 11.8 Å². The van der Waals surface area contributed by atoms with E-state index in [1.807, 2.05) is 43.0 Å². The van der Waals surface area contributed by atoms with Gasteiger partial charge in [0, 0.05) is 50.5 Å². The summed E-state index contributed by atoms with van der Waals surface area (Å²) >= 11 is 0. The molecule has 31 heavy (non-hydrogen) atoms. The number of rotatable bonds is 6. The zero-order valence-electron chi connectivity index (χ0n) is 19.4. The van der Waals surface area contributed by atoms with Crippen LogP contribution in [0.3, 0.4) is 0 Å². The van der Waals surface area contributed by atoms with Gasteiger partial charge in [-0.15, -0.1) is 0 Å². The summed E-state index contributed by atoms with van der Waals surface area (Å²) in [5, 5.41) is 5.87. The average molecular weight is 431 g/mol. The Balaban J connectivity index is 1.41. The monoisotopic (exact) mass is 430 g/mol. The Morgan fingerprint density at radius 1 is 1.00 bits per heavy atom. The second-order valence-electron chi connectivity index (χ2n) is 9.56. The number of piperidine rings is 1. The molecule has 2 saturated heterocycles. The van der Waals surface area contributed by atoms with E-state index < -0.39 is 0 Å². The number of morpholine rings is 1. The molecule has 2 fully saturated rings. The van der Waals surface area contributed by atoms with Gasteiger partial charge in [-0.05, 0) is 62.8 Å². The second kappa shape index (κ2) is 11.0. The molecule has 3 amide bonds. The highest BCUT2D eigenvalue weighted by molar-refractivity contribution is 5.92. The Kier molecular flexibility index (Phi) is 8.32. The summed E-state index contributed by atoms with van der Waals surface area (Å²) in [6.07, 6.45) is 3.16. The lowest BCUT2D eigenvalue weighted by molar-refractivity contribution is -0.116. The quantitative estimate of drug-likeness (QED) is 0.715. The Bertz CT molecular complexity index is 719. The summed E-state index contributed by atoms with van der Waals surface area (Å²) in [5.41, 5.74) is 1.49. The minimum absolute atomic E-state index is 0.00986. The van der Waals surface area contributed by atoms with Crippen LogP contribution in [0, 0.1) is 11.8 Å². The lowest BCUT2D eigenvalue weighted by Gasteiger charge is -2.39. The first-order valence-electron chi connectivity index (χ1n) is 11.6. The molecule has 7 heteroatoms. The van der Waals surface area contributed by atoms with Crippen LogP contribution in [0.1, 0.15) is 47.0 Å². The van der Waals surface area contributed by atoms with E-state index in [0.29, 0.717) is 30.5 Å². The molecule has 172 valence electrons. The Morgan fingerprint density at radius 2 is 1.55 bits per heavy atom. The van der Waals surface area contributed by atoms with Crippen LogP contribution in [-0.2, 0) is 9.53 Å². The Hall–Kier alpha value is -2.12. The molecule has 2 aliphatic heterocycles. The minimum atomic E-state index is -0.0522. The van der Waals surface area contributed by atoms with Gasteiger partial charge in [0.15, 0.2) is 0 Å². The van der Waals surface area contributed by atoms with E-state index >= 15 is 0 Å². The van der Waals surface area contributed by atoms with Crippen LogP contribution >= 0.6 is 0 Å². The molecule has 2 atom stereocenters. The Labute approximate surface area is 186 Å². The number of hydrogen-bond acceptors (Lipinski definition) is 4. The third-order valence-corrected chi connectivity index (χ3v) is 5.93. The van der Waals surface area contributed by atoms with Gasteiger partial charge < -0.3 is 20.3 Å². The van der Waals surface area contributed by atoms with Crippen molar-refractivity contribution in [2.45, 2.75) is 59.2 Å². The van der Waals surface area contributed by atoms with E-state index in [9.17, 15) is 9.59 Å². The number of carbonyl (C=O) groups is 2. The molecular weight excluding hydrogens is 392 g/mol. The molecule has 7 nitrogen and oxygen atoms in total. The van der Waals surface area contributed by atoms with E-state index in [-0.39, 0.29) is 11.9 Å². The van der Waals surface area contributed by atoms with Gasteiger partial charge in [-0.3, -0.25) is 9.69 Å². The highest BCUT2D eigenvalue weighted by Crippen LogP contribution is 2.22. The maximum absolute atomic E-state index is 12.7. The first-order valence-corrected chi connectivity index (χ1v) is 11.6. The lowest BCUT2D eigenvalue weighted by atomic mass is 9.96. The maximum Gasteiger partial charge on any atom is 0.321 e. The van der Waals surface area contributed by atoms with Gasteiger partial charge in [0.25, 0.3) is 0 Å². The summed E-state index contributed by atoms with van der Waals surface area (Å²) in [6.45, 7) is 13.0. The molecule has 0 radical (unpaired) electrons. The van der Waals surface area contributed by atoms with Gasteiger partial charge in [0.1, 0.15) is 0 Å². The largest absolute Gasteiger partial charge is 0.373 e. The molecule has 0 aliphatic carbocycles. The molecule has 2 N–H and O–H groups in total. The zero-order valence-corrected chi connectivity index (χ0v) is 19.4. The molecular formula is C24H38N4O3. The number of hydrogen-bond donors (Lipinski definition) is 2. The highest BCUT2D eigenvalue weighted by Gasteiger charge is 2.28. The van der Waals surface area contributed by atoms with Gasteiger partial charge in [-0.25, -0.2) is 4.79 Å². The molecule has 1 aromatic rings. The van der Waals surface area contributed by atoms with E-state index in [1.54, 1.807) is 0 Å². The van der Waals surface area contributed by atoms with Crippen molar-refractivity contribution in [2.75, 3.05) is 43.4 Å². The van der Waals surface area contributed by atoms with Crippen molar-refractivity contribution in [1.29, 1.82) is 0 Å². The number of nitrogens with zero attached hydrogens (tertiary/aromatic N) is 2. The summed E-state index contributed by atoms with van der Waals surface area (Å²) in [7, 11) is 0. The van der Waals surface area contributed by atoms with Crippen LogP contribution in [0.25, 0.3) is 0 Å². The number of nitrogens with one attached hydrogen (secondary N) is 2. The van der Waals surface area contributed by atoms with Crippen molar-refractivity contribution in [3.8, 4) is 0 Å². The number of anilines is 2. The van der Waals surface area contributed by atoms with Gasteiger partial charge in [-0.2, -0.15) is 0 Å². The first kappa shape index (κ1) is 23.5. The molecule has 2 unspecified atom stereocenters. The highest BCUT2D eigenvalue weighted by atomic mass is 16.5. The van der Waals surface area contributed by atoms with Crippen molar-refractivity contribution >= 4 is 23.3 Å². The van der Waals surface area contributed by atoms with Gasteiger partial charge in [0.2, 0.25) is 5.91 Å². The zero-order chi connectivity index (χ0) is 22.4. The molecule has 0 saturated carbocycles. The topological polar surface area (TPSA) is 73.9 Å².